The number of benzene rings is 2. The Bertz CT molecular complexity index is 1890. The minimum atomic E-state index is -0.156. The molecule has 0 spiro atoms. The normalized spacial score (nSPS) is 12.2. The average molecular weight is 553 g/mol. The number of rotatable bonds is 7. The van der Waals surface area contributed by atoms with Crippen molar-refractivity contribution in [3.63, 3.8) is 0 Å². The summed E-state index contributed by atoms with van der Waals surface area (Å²) in [6, 6.07) is 13.9. The fourth-order valence-corrected chi connectivity index (χ4v) is 6.05. The van der Waals surface area contributed by atoms with E-state index in [9.17, 15) is 9.59 Å². The number of hydrogen-bond donors (Lipinski definition) is 2. The number of pyridine rings is 1. The van der Waals surface area contributed by atoms with E-state index < -0.39 is 0 Å². The molecule has 3 N–H and O–H groups in total. The van der Waals surface area contributed by atoms with Crippen LogP contribution in [-0.2, 0) is 17.9 Å². The highest BCUT2D eigenvalue weighted by atomic mass is 32.1. The van der Waals surface area contributed by atoms with Crippen LogP contribution in [0.3, 0.4) is 0 Å². The Morgan fingerprint density at radius 1 is 1.15 bits per heavy atom. The maximum absolute atomic E-state index is 13.9. The van der Waals surface area contributed by atoms with Gasteiger partial charge in [0.1, 0.15) is 0 Å². The van der Waals surface area contributed by atoms with E-state index in [1.807, 2.05) is 87.0 Å². The molecule has 1 amide bonds. The Kier molecular flexibility index (Phi) is 7.51. The molecule has 0 aliphatic rings. The highest BCUT2D eigenvalue weighted by Crippen LogP contribution is 2.32. The first-order valence-corrected chi connectivity index (χ1v) is 14.0. The molecule has 0 bridgehead atoms. The van der Waals surface area contributed by atoms with Crippen LogP contribution in [0.5, 0.6) is 0 Å². The molecule has 0 aliphatic carbocycles. The molecule has 5 rings (SSSR count). The predicted molar refractivity (Wildman–Crippen MR) is 165 cm³/mol. The molecule has 5 aromatic rings. The summed E-state index contributed by atoms with van der Waals surface area (Å²) in [6.07, 6.45) is 5.83. The van der Waals surface area contributed by atoms with Gasteiger partial charge in [0.2, 0.25) is 5.91 Å². The van der Waals surface area contributed by atoms with Gasteiger partial charge < -0.3 is 11.1 Å². The van der Waals surface area contributed by atoms with Gasteiger partial charge in [-0.05, 0) is 62.9 Å². The van der Waals surface area contributed by atoms with E-state index >= 15 is 0 Å². The molecule has 0 atom stereocenters. The first kappa shape index (κ1) is 27.2. The van der Waals surface area contributed by atoms with Crippen molar-refractivity contribution in [2.45, 2.75) is 47.7 Å². The summed E-state index contributed by atoms with van der Waals surface area (Å²) in [4.78, 5) is 29.8. The molecule has 40 heavy (non-hydrogen) atoms. The molecule has 0 fully saturated rings. The third-order valence-electron chi connectivity index (χ3n) is 7.01. The second-order valence-electron chi connectivity index (χ2n) is 9.69. The van der Waals surface area contributed by atoms with Crippen molar-refractivity contribution in [1.82, 2.24) is 19.3 Å². The zero-order chi connectivity index (χ0) is 28.6. The van der Waals surface area contributed by atoms with Crippen LogP contribution >= 0.6 is 11.3 Å². The van der Waals surface area contributed by atoms with E-state index in [4.69, 9.17) is 10.8 Å². The zero-order valence-electron chi connectivity index (χ0n) is 23.3. The average Bonchev–Trinajstić information content (AvgIpc) is 3.46. The number of carbonyl (C=O) groups excluding carboxylic acids is 1. The van der Waals surface area contributed by atoms with Crippen molar-refractivity contribution in [2.24, 2.45) is 5.73 Å². The number of carbonyl (C=O) groups is 1. The summed E-state index contributed by atoms with van der Waals surface area (Å²) in [5.74, 6) is -0.156. The van der Waals surface area contributed by atoms with Gasteiger partial charge in [0, 0.05) is 41.7 Å². The van der Waals surface area contributed by atoms with Crippen molar-refractivity contribution < 1.29 is 4.79 Å². The lowest BCUT2D eigenvalue weighted by Gasteiger charge is -2.17. The molecule has 0 unspecified atom stereocenters. The monoisotopic (exact) mass is 552 g/mol. The van der Waals surface area contributed by atoms with Crippen LogP contribution in [0, 0.1) is 13.8 Å². The standard InChI is InChI=1S/C31H32N6O2S/c1-6-9-23(7-2)37-24(14-21-11-8-10-18(3)28(21)30(37)39)17-36-19(4)25(16-32)29(35-36)22-12-13-26-27(15-22)40-31(34-26)33-20(5)38/h6-15H,16-17,32H2,1-5H3,(H,33,34,38)/b9-6-,23-7+. The third kappa shape index (κ3) is 4.89. The van der Waals surface area contributed by atoms with Gasteiger partial charge in [-0.1, -0.05) is 47.8 Å². The van der Waals surface area contributed by atoms with Gasteiger partial charge in [-0.3, -0.25) is 18.8 Å². The molecular weight excluding hydrogens is 520 g/mol. The number of thiazole rings is 1. The molecule has 3 aromatic heterocycles. The Hall–Kier alpha value is -4.34. The molecule has 0 aliphatic heterocycles. The number of nitrogens with two attached hydrogens (primary N) is 1. The predicted octanol–water partition coefficient (Wildman–Crippen LogP) is 5.99. The Morgan fingerprint density at radius 2 is 1.95 bits per heavy atom. The van der Waals surface area contributed by atoms with Crippen LogP contribution in [0.2, 0.25) is 0 Å². The second kappa shape index (κ2) is 11.0. The van der Waals surface area contributed by atoms with Crippen LogP contribution in [0.25, 0.3) is 37.9 Å². The van der Waals surface area contributed by atoms with Crippen LogP contribution in [0.1, 0.15) is 43.3 Å². The summed E-state index contributed by atoms with van der Waals surface area (Å²) < 4.78 is 4.65. The summed E-state index contributed by atoms with van der Waals surface area (Å²) in [7, 11) is 0. The van der Waals surface area contributed by atoms with Crippen molar-refractivity contribution in [2.75, 3.05) is 5.32 Å². The zero-order valence-corrected chi connectivity index (χ0v) is 24.1. The van der Waals surface area contributed by atoms with Gasteiger partial charge in [0.05, 0.1) is 27.8 Å². The lowest BCUT2D eigenvalue weighted by Crippen LogP contribution is -2.25. The lowest BCUT2D eigenvalue weighted by molar-refractivity contribution is -0.114. The molecule has 2 aromatic carbocycles. The van der Waals surface area contributed by atoms with Gasteiger partial charge in [-0.25, -0.2) is 4.98 Å². The van der Waals surface area contributed by atoms with E-state index in [0.717, 1.165) is 55.1 Å². The first-order valence-electron chi connectivity index (χ1n) is 13.1. The molecule has 0 radical (unpaired) electrons. The van der Waals surface area contributed by atoms with E-state index in [2.05, 4.69) is 16.4 Å². The number of hydrogen-bond acceptors (Lipinski definition) is 6. The maximum atomic E-state index is 13.9. The van der Waals surface area contributed by atoms with Crippen molar-refractivity contribution in [1.29, 1.82) is 0 Å². The molecule has 8 nitrogen and oxygen atoms in total. The van der Waals surface area contributed by atoms with Gasteiger partial charge in [-0.2, -0.15) is 5.10 Å². The number of anilines is 1. The lowest BCUT2D eigenvalue weighted by atomic mass is 10.1. The van der Waals surface area contributed by atoms with Crippen LogP contribution in [0.4, 0.5) is 5.13 Å². The van der Waals surface area contributed by atoms with Crippen LogP contribution in [-0.4, -0.2) is 25.2 Å². The number of aryl methyl sites for hydroxylation is 1. The SMILES string of the molecule is C/C=C\C(=C/C)n1c(Cn2nc(-c3ccc4nc(NC(C)=O)sc4c3)c(CN)c2C)cc2cccc(C)c2c1=O. The number of allylic oxidation sites excluding steroid dienone is 4. The quantitative estimate of drug-likeness (QED) is 0.241. The first-order chi connectivity index (χ1) is 19.2. The Morgan fingerprint density at radius 3 is 2.65 bits per heavy atom. The number of nitrogens with zero attached hydrogens (tertiary/aromatic N) is 4. The highest BCUT2D eigenvalue weighted by Gasteiger charge is 2.19. The number of fused-ring (bicyclic) bond motifs is 2. The Labute approximate surface area is 236 Å². The van der Waals surface area contributed by atoms with E-state index in [1.54, 1.807) is 4.57 Å². The third-order valence-corrected chi connectivity index (χ3v) is 7.95. The van der Waals surface area contributed by atoms with Crippen molar-refractivity contribution >= 4 is 49.1 Å². The summed E-state index contributed by atoms with van der Waals surface area (Å²) >= 11 is 1.42. The van der Waals surface area contributed by atoms with Gasteiger partial charge in [0.25, 0.3) is 5.56 Å². The van der Waals surface area contributed by atoms with Gasteiger partial charge >= 0.3 is 0 Å². The second-order valence-corrected chi connectivity index (χ2v) is 10.7. The van der Waals surface area contributed by atoms with Crippen LogP contribution in [0.15, 0.2) is 65.5 Å². The molecular formula is C31H32N6O2S. The molecule has 3 heterocycles. The fourth-order valence-electron chi connectivity index (χ4n) is 5.10. The molecule has 0 saturated carbocycles. The van der Waals surface area contributed by atoms with Gasteiger partial charge in [0.15, 0.2) is 5.13 Å². The minimum Gasteiger partial charge on any atom is -0.326 e. The van der Waals surface area contributed by atoms with E-state index in [0.29, 0.717) is 23.6 Å². The summed E-state index contributed by atoms with van der Waals surface area (Å²) in [5.41, 5.74) is 13.2. The summed E-state index contributed by atoms with van der Waals surface area (Å²) in [5, 5.41) is 9.94. The smallest absolute Gasteiger partial charge is 0.263 e. The minimum absolute atomic E-state index is 0.0495. The highest BCUT2D eigenvalue weighted by molar-refractivity contribution is 7.22. The number of nitrogens with one attached hydrogen (secondary N) is 1. The summed E-state index contributed by atoms with van der Waals surface area (Å²) in [6.45, 7) is 10.0. The topological polar surface area (TPSA) is 108 Å². The number of amides is 1. The van der Waals surface area contributed by atoms with E-state index in [1.165, 1.54) is 18.3 Å². The molecule has 0 saturated heterocycles. The maximum Gasteiger partial charge on any atom is 0.263 e. The fraction of sp³-hybridized carbons (Fsp3) is 0.226. The van der Waals surface area contributed by atoms with Crippen LogP contribution < -0.4 is 16.6 Å². The molecule has 9 heteroatoms. The number of aromatic nitrogens is 4. The van der Waals surface area contributed by atoms with Crippen molar-refractivity contribution in [3.8, 4) is 11.3 Å². The molecule has 204 valence electrons. The van der Waals surface area contributed by atoms with Crippen molar-refractivity contribution in [3.05, 3.63) is 93.6 Å². The largest absolute Gasteiger partial charge is 0.326 e. The van der Waals surface area contributed by atoms with Gasteiger partial charge in [-0.15, -0.1) is 0 Å². The Balaban J connectivity index is 1.64. The van der Waals surface area contributed by atoms with E-state index in [-0.39, 0.29) is 11.5 Å².